The number of hydrogen-bond acceptors (Lipinski definition) is 4. The Kier molecular flexibility index (Phi) is 6.89. The predicted octanol–water partition coefficient (Wildman–Crippen LogP) is 4.06. The number of anilines is 1. The first-order chi connectivity index (χ1) is 12.3. The zero-order valence-corrected chi connectivity index (χ0v) is 16.2. The molecule has 0 aromatic heterocycles. The summed E-state index contributed by atoms with van der Waals surface area (Å²) < 4.78 is 11.1. The molecule has 2 rings (SSSR count). The highest BCUT2D eigenvalue weighted by Crippen LogP contribution is 2.26. The lowest BCUT2D eigenvalue weighted by molar-refractivity contribution is -0.121. The Morgan fingerprint density at radius 2 is 1.85 bits per heavy atom. The van der Waals surface area contributed by atoms with Crippen molar-refractivity contribution in [3.63, 3.8) is 0 Å². The molecule has 0 saturated carbocycles. The maximum atomic E-state index is 12.6. The van der Waals surface area contributed by atoms with Gasteiger partial charge in [0.05, 0.1) is 12.3 Å². The quantitative estimate of drug-likeness (QED) is 0.858. The van der Waals surface area contributed by atoms with Crippen molar-refractivity contribution in [1.82, 2.24) is 4.90 Å². The number of hydrogen-bond donors (Lipinski definition) is 1. The molecule has 1 N–H and O–H groups in total. The molecule has 6 nitrogen and oxygen atoms in total. The standard InChI is InChI=1S/C20H30N2O4/c1-5-14-25-17-9-7-6-8-16(17)21-18(23)15-10-12-22(13-11-15)19(24)26-20(2,3)4/h6-9,15H,5,10-14H2,1-4H3,(H,21,23). The van der Waals surface area contributed by atoms with Gasteiger partial charge in [0.15, 0.2) is 0 Å². The Morgan fingerprint density at radius 3 is 2.46 bits per heavy atom. The fraction of sp³-hybridized carbons (Fsp3) is 0.600. The van der Waals surface area contributed by atoms with Crippen LogP contribution in [0.15, 0.2) is 24.3 Å². The minimum absolute atomic E-state index is 0.0265. The number of carbonyl (C=O) groups excluding carboxylic acids is 2. The van der Waals surface area contributed by atoms with Crippen molar-refractivity contribution in [3.8, 4) is 5.75 Å². The zero-order chi connectivity index (χ0) is 19.2. The van der Waals surface area contributed by atoms with Gasteiger partial charge in [0, 0.05) is 19.0 Å². The SMILES string of the molecule is CCCOc1ccccc1NC(=O)C1CCN(C(=O)OC(C)(C)C)CC1. The molecule has 1 aliphatic heterocycles. The van der Waals surface area contributed by atoms with E-state index in [1.807, 2.05) is 52.0 Å². The van der Waals surface area contributed by atoms with Gasteiger partial charge in [-0.3, -0.25) is 4.79 Å². The van der Waals surface area contributed by atoms with Crippen molar-refractivity contribution >= 4 is 17.7 Å². The monoisotopic (exact) mass is 362 g/mol. The number of nitrogens with zero attached hydrogens (tertiary/aromatic N) is 1. The third-order valence-electron chi connectivity index (χ3n) is 4.12. The first-order valence-electron chi connectivity index (χ1n) is 9.30. The van der Waals surface area contributed by atoms with Crippen molar-refractivity contribution in [2.45, 2.75) is 52.6 Å². The summed E-state index contributed by atoms with van der Waals surface area (Å²) in [5, 5.41) is 2.97. The van der Waals surface area contributed by atoms with E-state index in [-0.39, 0.29) is 17.9 Å². The molecule has 1 aromatic carbocycles. The summed E-state index contributed by atoms with van der Waals surface area (Å²) in [7, 11) is 0. The lowest BCUT2D eigenvalue weighted by Gasteiger charge is -2.33. The highest BCUT2D eigenvalue weighted by atomic mass is 16.6. The molecule has 1 aliphatic rings. The largest absolute Gasteiger partial charge is 0.491 e. The number of rotatable bonds is 5. The van der Waals surface area contributed by atoms with Crippen molar-refractivity contribution in [3.05, 3.63) is 24.3 Å². The Balaban J connectivity index is 1.88. The molecule has 0 atom stereocenters. The molecule has 0 radical (unpaired) electrons. The molecule has 1 saturated heterocycles. The second kappa shape index (κ2) is 8.92. The van der Waals surface area contributed by atoms with E-state index in [2.05, 4.69) is 5.32 Å². The van der Waals surface area contributed by atoms with Crippen LogP contribution in [-0.2, 0) is 9.53 Å². The highest BCUT2D eigenvalue weighted by molar-refractivity contribution is 5.94. The molecule has 26 heavy (non-hydrogen) atoms. The number of likely N-dealkylation sites (tertiary alicyclic amines) is 1. The van der Waals surface area contributed by atoms with E-state index in [4.69, 9.17) is 9.47 Å². The molecule has 0 aliphatic carbocycles. The molecule has 6 heteroatoms. The summed E-state index contributed by atoms with van der Waals surface area (Å²) in [6.07, 6.45) is 1.85. The Hall–Kier alpha value is -2.24. The predicted molar refractivity (Wildman–Crippen MR) is 101 cm³/mol. The van der Waals surface area contributed by atoms with Gasteiger partial charge in [-0.05, 0) is 52.2 Å². The van der Waals surface area contributed by atoms with Crippen LogP contribution in [-0.4, -0.2) is 42.2 Å². The average molecular weight is 362 g/mol. The molecule has 1 heterocycles. The molecular formula is C20H30N2O4. The van der Waals surface area contributed by atoms with Gasteiger partial charge < -0.3 is 19.7 Å². The molecule has 1 fully saturated rings. The number of carbonyl (C=O) groups is 2. The third kappa shape index (κ3) is 5.93. The Labute approximate surface area is 155 Å². The van der Waals surface area contributed by atoms with Crippen LogP contribution in [0.2, 0.25) is 0 Å². The fourth-order valence-corrected chi connectivity index (χ4v) is 2.79. The third-order valence-corrected chi connectivity index (χ3v) is 4.12. The summed E-state index contributed by atoms with van der Waals surface area (Å²) in [5.74, 6) is 0.545. The lowest BCUT2D eigenvalue weighted by Crippen LogP contribution is -2.43. The van der Waals surface area contributed by atoms with Gasteiger partial charge >= 0.3 is 6.09 Å². The second-order valence-electron chi connectivity index (χ2n) is 7.58. The normalized spacial score (nSPS) is 15.5. The van der Waals surface area contributed by atoms with Crippen LogP contribution in [0.5, 0.6) is 5.75 Å². The van der Waals surface area contributed by atoms with Crippen molar-refractivity contribution in [1.29, 1.82) is 0 Å². The summed E-state index contributed by atoms with van der Waals surface area (Å²) in [6.45, 7) is 9.26. The van der Waals surface area contributed by atoms with Gasteiger partial charge in [-0.15, -0.1) is 0 Å². The van der Waals surface area contributed by atoms with Gasteiger partial charge in [0.1, 0.15) is 11.4 Å². The summed E-state index contributed by atoms with van der Waals surface area (Å²) in [4.78, 5) is 26.4. The molecule has 0 bridgehead atoms. The molecule has 0 unspecified atom stereocenters. The Morgan fingerprint density at radius 1 is 1.19 bits per heavy atom. The Bertz CT molecular complexity index is 616. The minimum atomic E-state index is -0.506. The van der Waals surface area contributed by atoms with Gasteiger partial charge in [-0.25, -0.2) is 4.79 Å². The minimum Gasteiger partial charge on any atom is -0.491 e. The van der Waals surface area contributed by atoms with Crippen LogP contribution in [0, 0.1) is 5.92 Å². The summed E-state index contributed by atoms with van der Waals surface area (Å²) in [5.41, 5.74) is 0.188. The van der Waals surface area contributed by atoms with Crippen molar-refractivity contribution in [2.75, 3.05) is 25.0 Å². The van der Waals surface area contributed by atoms with Gasteiger partial charge in [0.25, 0.3) is 0 Å². The van der Waals surface area contributed by atoms with E-state index >= 15 is 0 Å². The number of amides is 2. The van der Waals surface area contributed by atoms with E-state index in [0.29, 0.717) is 44.0 Å². The van der Waals surface area contributed by atoms with E-state index < -0.39 is 5.60 Å². The fourth-order valence-electron chi connectivity index (χ4n) is 2.79. The molecule has 2 amide bonds. The maximum Gasteiger partial charge on any atom is 0.410 e. The average Bonchev–Trinajstić information content (AvgIpc) is 2.59. The van der Waals surface area contributed by atoms with Gasteiger partial charge in [0.2, 0.25) is 5.91 Å². The van der Waals surface area contributed by atoms with Gasteiger partial charge in [-0.2, -0.15) is 0 Å². The number of ether oxygens (including phenoxy) is 2. The van der Waals surface area contributed by atoms with E-state index in [0.717, 1.165) is 6.42 Å². The molecular weight excluding hydrogens is 332 g/mol. The maximum absolute atomic E-state index is 12.6. The van der Waals surface area contributed by atoms with Crippen LogP contribution < -0.4 is 10.1 Å². The van der Waals surface area contributed by atoms with Crippen LogP contribution in [0.1, 0.15) is 47.0 Å². The van der Waals surface area contributed by atoms with Crippen LogP contribution in [0.4, 0.5) is 10.5 Å². The van der Waals surface area contributed by atoms with E-state index in [1.165, 1.54) is 0 Å². The van der Waals surface area contributed by atoms with Gasteiger partial charge in [-0.1, -0.05) is 19.1 Å². The lowest BCUT2D eigenvalue weighted by atomic mass is 9.96. The van der Waals surface area contributed by atoms with Crippen molar-refractivity contribution < 1.29 is 19.1 Å². The molecule has 0 spiro atoms. The van der Waals surface area contributed by atoms with E-state index in [9.17, 15) is 9.59 Å². The summed E-state index contributed by atoms with van der Waals surface area (Å²) in [6, 6.07) is 7.47. The van der Waals surface area contributed by atoms with Crippen LogP contribution in [0.25, 0.3) is 0 Å². The second-order valence-corrected chi connectivity index (χ2v) is 7.58. The number of piperidine rings is 1. The topological polar surface area (TPSA) is 67.9 Å². The first kappa shape index (κ1) is 20.1. The first-order valence-corrected chi connectivity index (χ1v) is 9.30. The number of nitrogens with one attached hydrogen (secondary N) is 1. The van der Waals surface area contributed by atoms with Crippen molar-refractivity contribution in [2.24, 2.45) is 5.92 Å². The van der Waals surface area contributed by atoms with E-state index in [1.54, 1.807) is 4.90 Å². The zero-order valence-electron chi connectivity index (χ0n) is 16.2. The molecule has 1 aromatic rings. The number of para-hydroxylation sites is 2. The van der Waals surface area contributed by atoms with Crippen LogP contribution >= 0.6 is 0 Å². The number of benzene rings is 1. The summed E-state index contributed by atoms with van der Waals surface area (Å²) >= 11 is 0. The highest BCUT2D eigenvalue weighted by Gasteiger charge is 2.30. The molecule has 144 valence electrons. The smallest absolute Gasteiger partial charge is 0.410 e. The van der Waals surface area contributed by atoms with Crippen LogP contribution in [0.3, 0.4) is 0 Å².